The lowest BCUT2D eigenvalue weighted by Gasteiger charge is -2.34. The highest BCUT2D eigenvalue weighted by Crippen LogP contribution is 2.25. The van der Waals surface area contributed by atoms with Gasteiger partial charge in [0.25, 0.3) is 0 Å². The van der Waals surface area contributed by atoms with Crippen molar-refractivity contribution in [1.82, 2.24) is 10.2 Å². The highest BCUT2D eigenvalue weighted by atomic mass is 16.5. The molecule has 0 radical (unpaired) electrons. The molecule has 33 heavy (non-hydrogen) atoms. The minimum Gasteiger partial charge on any atom is -0.489 e. The number of nitrogens with zero attached hydrogens (tertiary/aromatic N) is 1. The van der Waals surface area contributed by atoms with Gasteiger partial charge in [-0.2, -0.15) is 0 Å². The molecular formula is C28H30N2O3. The number of rotatable bonds is 9. The van der Waals surface area contributed by atoms with Crippen molar-refractivity contribution >= 4 is 11.8 Å². The van der Waals surface area contributed by atoms with E-state index >= 15 is 0 Å². The first-order valence-electron chi connectivity index (χ1n) is 11.6. The first kappa shape index (κ1) is 22.6. The molecule has 0 spiro atoms. The zero-order chi connectivity index (χ0) is 22.9. The number of likely N-dealkylation sites (tertiary alicyclic amines) is 1. The molecule has 1 saturated heterocycles. The van der Waals surface area contributed by atoms with E-state index in [1.54, 1.807) is 4.90 Å². The SMILES string of the molecule is O=C(NCCc1ccc(OCc2ccccc2)cc1)C(c1ccccc1)N1CCCCC1=O. The molecule has 0 aliphatic carbocycles. The molecule has 3 aromatic carbocycles. The van der Waals surface area contributed by atoms with Gasteiger partial charge in [-0.25, -0.2) is 0 Å². The fourth-order valence-electron chi connectivity index (χ4n) is 4.13. The highest BCUT2D eigenvalue weighted by Gasteiger charge is 2.32. The van der Waals surface area contributed by atoms with Crippen molar-refractivity contribution in [2.45, 2.75) is 38.3 Å². The number of carbonyl (C=O) groups excluding carboxylic acids is 2. The van der Waals surface area contributed by atoms with Crippen LogP contribution >= 0.6 is 0 Å². The van der Waals surface area contributed by atoms with E-state index in [2.05, 4.69) is 5.32 Å². The van der Waals surface area contributed by atoms with E-state index in [4.69, 9.17) is 4.74 Å². The molecule has 1 unspecified atom stereocenters. The number of carbonyl (C=O) groups is 2. The molecule has 1 atom stereocenters. The first-order valence-corrected chi connectivity index (χ1v) is 11.6. The largest absolute Gasteiger partial charge is 0.489 e. The molecule has 3 aromatic rings. The molecule has 0 aromatic heterocycles. The summed E-state index contributed by atoms with van der Waals surface area (Å²) >= 11 is 0. The summed E-state index contributed by atoms with van der Waals surface area (Å²) in [4.78, 5) is 27.4. The smallest absolute Gasteiger partial charge is 0.247 e. The summed E-state index contributed by atoms with van der Waals surface area (Å²) in [6, 6.07) is 27.0. The van der Waals surface area contributed by atoms with Crippen molar-refractivity contribution in [2.75, 3.05) is 13.1 Å². The molecule has 2 amide bonds. The van der Waals surface area contributed by atoms with Crippen LogP contribution in [0.4, 0.5) is 0 Å². The maximum absolute atomic E-state index is 13.1. The van der Waals surface area contributed by atoms with Gasteiger partial charge in [-0.15, -0.1) is 0 Å². The number of hydrogen-bond donors (Lipinski definition) is 1. The second-order valence-electron chi connectivity index (χ2n) is 8.32. The Morgan fingerprint density at radius 2 is 1.58 bits per heavy atom. The fraction of sp³-hybridized carbons (Fsp3) is 0.286. The van der Waals surface area contributed by atoms with Crippen LogP contribution in [0.25, 0.3) is 0 Å². The van der Waals surface area contributed by atoms with Crippen LogP contribution in [0.15, 0.2) is 84.9 Å². The third-order valence-corrected chi connectivity index (χ3v) is 5.92. The predicted octanol–water partition coefficient (Wildman–Crippen LogP) is 4.68. The Morgan fingerprint density at radius 1 is 0.879 bits per heavy atom. The van der Waals surface area contributed by atoms with Crippen molar-refractivity contribution in [3.63, 3.8) is 0 Å². The van der Waals surface area contributed by atoms with Crippen molar-refractivity contribution in [3.05, 3.63) is 102 Å². The van der Waals surface area contributed by atoms with Crippen LogP contribution in [0, 0.1) is 0 Å². The van der Waals surface area contributed by atoms with Crippen LogP contribution in [0.1, 0.15) is 42.0 Å². The Bertz CT molecular complexity index is 1040. The number of hydrogen-bond acceptors (Lipinski definition) is 3. The minimum absolute atomic E-state index is 0.0522. The zero-order valence-electron chi connectivity index (χ0n) is 18.8. The van der Waals surface area contributed by atoms with Crippen molar-refractivity contribution in [1.29, 1.82) is 0 Å². The van der Waals surface area contributed by atoms with Gasteiger partial charge in [-0.05, 0) is 48.1 Å². The Kier molecular flexibility index (Phi) is 7.75. The van der Waals surface area contributed by atoms with Gasteiger partial charge < -0.3 is 15.0 Å². The van der Waals surface area contributed by atoms with Gasteiger partial charge in [0.2, 0.25) is 11.8 Å². The summed E-state index contributed by atoms with van der Waals surface area (Å²) in [6.45, 7) is 1.66. The number of benzene rings is 3. The Hall–Kier alpha value is -3.60. The fourth-order valence-corrected chi connectivity index (χ4v) is 4.13. The van der Waals surface area contributed by atoms with Gasteiger partial charge in [0.05, 0.1) is 0 Å². The monoisotopic (exact) mass is 442 g/mol. The summed E-state index contributed by atoms with van der Waals surface area (Å²) in [7, 11) is 0. The molecule has 0 bridgehead atoms. The molecule has 1 aliphatic rings. The number of piperidine rings is 1. The second kappa shape index (κ2) is 11.3. The molecule has 5 heteroatoms. The third-order valence-electron chi connectivity index (χ3n) is 5.92. The molecule has 5 nitrogen and oxygen atoms in total. The van der Waals surface area contributed by atoms with Crippen molar-refractivity contribution in [3.8, 4) is 5.75 Å². The van der Waals surface area contributed by atoms with E-state index < -0.39 is 6.04 Å². The molecule has 1 aliphatic heterocycles. The maximum atomic E-state index is 13.1. The van der Waals surface area contributed by atoms with Gasteiger partial charge in [0.1, 0.15) is 18.4 Å². The van der Waals surface area contributed by atoms with Crippen LogP contribution in [0.3, 0.4) is 0 Å². The minimum atomic E-state index is -0.576. The number of nitrogens with one attached hydrogen (secondary N) is 1. The van der Waals surface area contributed by atoms with Gasteiger partial charge in [0, 0.05) is 19.5 Å². The van der Waals surface area contributed by atoms with E-state index in [0.717, 1.165) is 35.3 Å². The van der Waals surface area contributed by atoms with Crippen LogP contribution < -0.4 is 10.1 Å². The number of amides is 2. The molecule has 1 heterocycles. The third kappa shape index (κ3) is 6.22. The lowest BCUT2D eigenvalue weighted by atomic mass is 10.0. The Labute approximate surface area is 195 Å². The average Bonchev–Trinajstić information content (AvgIpc) is 2.86. The van der Waals surface area contributed by atoms with Crippen molar-refractivity contribution in [2.24, 2.45) is 0 Å². The highest BCUT2D eigenvalue weighted by molar-refractivity contribution is 5.89. The summed E-state index contributed by atoms with van der Waals surface area (Å²) in [5, 5.41) is 3.04. The van der Waals surface area contributed by atoms with Gasteiger partial charge in [0.15, 0.2) is 0 Å². The molecule has 1 fully saturated rings. The van der Waals surface area contributed by atoms with Crippen LogP contribution in [-0.2, 0) is 22.6 Å². The average molecular weight is 443 g/mol. The molecule has 170 valence electrons. The normalized spacial score (nSPS) is 14.5. The van der Waals surface area contributed by atoms with E-state index in [-0.39, 0.29) is 11.8 Å². The van der Waals surface area contributed by atoms with Crippen LogP contribution in [0.5, 0.6) is 5.75 Å². The van der Waals surface area contributed by atoms with Gasteiger partial charge >= 0.3 is 0 Å². The maximum Gasteiger partial charge on any atom is 0.247 e. The van der Waals surface area contributed by atoms with Crippen molar-refractivity contribution < 1.29 is 14.3 Å². The Morgan fingerprint density at radius 3 is 2.27 bits per heavy atom. The summed E-state index contributed by atoms with van der Waals surface area (Å²) in [6.07, 6.45) is 3.04. The number of ether oxygens (including phenoxy) is 1. The molecular weight excluding hydrogens is 412 g/mol. The second-order valence-corrected chi connectivity index (χ2v) is 8.32. The van der Waals surface area contributed by atoms with E-state index in [1.165, 1.54) is 0 Å². The lowest BCUT2D eigenvalue weighted by molar-refractivity contribution is -0.142. The van der Waals surface area contributed by atoms with Gasteiger partial charge in [-0.1, -0.05) is 72.8 Å². The topological polar surface area (TPSA) is 58.6 Å². The predicted molar refractivity (Wildman–Crippen MR) is 129 cm³/mol. The van der Waals surface area contributed by atoms with Gasteiger partial charge in [-0.3, -0.25) is 9.59 Å². The molecule has 0 saturated carbocycles. The standard InChI is InChI=1S/C28H30N2O3/c31-26-13-7-8-20-30(26)27(24-11-5-2-6-12-24)28(32)29-19-18-22-14-16-25(17-15-22)33-21-23-9-3-1-4-10-23/h1-6,9-12,14-17,27H,7-8,13,18-21H2,(H,29,32). The lowest BCUT2D eigenvalue weighted by Crippen LogP contribution is -2.46. The Balaban J connectivity index is 1.31. The molecule has 4 rings (SSSR count). The van der Waals surface area contributed by atoms with E-state index in [9.17, 15) is 9.59 Å². The molecule has 1 N–H and O–H groups in total. The summed E-state index contributed by atoms with van der Waals surface area (Å²) < 4.78 is 5.84. The van der Waals surface area contributed by atoms with E-state index in [0.29, 0.717) is 32.5 Å². The zero-order valence-corrected chi connectivity index (χ0v) is 18.8. The summed E-state index contributed by atoms with van der Waals surface area (Å²) in [5.74, 6) is 0.745. The van der Waals surface area contributed by atoms with E-state index in [1.807, 2.05) is 84.9 Å². The quantitative estimate of drug-likeness (QED) is 0.524. The summed E-state index contributed by atoms with van der Waals surface area (Å²) in [5.41, 5.74) is 3.10. The van der Waals surface area contributed by atoms with Crippen LogP contribution in [0.2, 0.25) is 0 Å². The van der Waals surface area contributed by atoms with Crippen LogP contribution in [-0.4, -0.2) is 29.8 Å². The first-order chi connectivity index (χ1) is 16.2.